The molecule has 0 saturated carbocycles. The van der Waals surface area contributed by atoms with Gasteiger partial charge in [0.25, 0.3) is 0 Å². The Labute approximate surface area is 346 Å². The van der Waals surface area contributed by atoms with Crippen molar-refractivity contribution >= 4 is 22.1 Å². The molecule has 2 unspecified atom stereocenters. The van der Waals surface area contributed by atoms with E-state index in [0.29, 0.717) is 11.3 Å². The number of anilines is 2. The lowest BCUT2D eigenvalue weighted by Gasteiger charge is -2.33. The van der Waals surface area contributed by atoms with Crippen LogP contribution >= 0.6 is 0 Å². The van der Waals surface area contributed by atoms with Crippen LogP contribution in [0, 0.1) is 18.6 Å². The second-order valence-electron chi connectivity index (χ2n) is 15.8. The minimum atomic E-state index is -0.874. The zero-order valence-electron chi connectivity index (χ0n) is 33.7. The molecule has 1 aliphatic carbocycles. The number of benzene rings is 8. The van der Waals surface area contributed by atoms with E-state index in [1.54, 1.807) is 0 Å². The summed E-state index contributed by atoms with van der Waals surface area (Å²) < 4.78 is 34.4. The molecule has 8 aromatic rings. The first-order valence-corrected chi connectivity index (χ1v) is 20.8. The lowest BCUT2D eigenvalue weighted by Crippen LogP contribution is -2.25. The Balaban J connectivity index is 1.34. The van der Waals surface area contributed by atoms with Gasteiger partial charge in [0, 0.05) is 28.8 Å². The smallest absolute Gasteiger partial charge is 0.165 e. The molecule has 0 spiro atoms. The molecule has 0 heterocycles. The fourth-order valence-electron chi connectivity index (χ4n) is 9.58. The number of aryl methyl sites for hydroxylation is 3. The molecule has 0 radical (unpaired) electrons. The summed E-state index contributed by atoms with van der Waals surface area (Å²) in [5.74, 6) is -2.77. The summed E-state index contributed by atoms with van der Waals surface area (Å²) in [6.45, 7) is 6.58. The van der Waals surface area contributed by atoms with Crippen molar-refractivity contribution < 1.29 is 8.78 Å². The number of hydrogen-bond acceptors (Lipinski definition) is 2. The maximum Gasteiger partial charge on any atom is 0.165 e. The molecule has 8 aromatic carbocycles. The molecule has 0 fully saturated rings. The van der Waals surface area contributed by atoms with Crippen molar-refractivity contribution in [1.82, 2.24) is 0 Å². The average Bonchev–Trinajstić information content (AvgIpc) is 3.58. The summed E-state index contributed by atoms with van der Waals surface area (Å²) in [6.07, 6.45) is 1.75. The highest BCUT2D eigenvalue weighted by atomic mass is 19.2. The maximum atomic E-state index is 17.5. The molecule has 9 rings (SSSR count). The zero-order chi connectivity index (χ0) is 40.5. The van der Waals surface area contributed by atoms with Crippen LogP contribution in [-0.2, 0) is 12.8 Å². The molecule has 0 saturated heterocycles. The highest BCUT2D eigenvalue weighted by molar-refractivity contribution is 5.93. The number of halogens is 2. The van der Waals surface area contributed by atoms with Crippen molar-refractivity contribution in [3.8, 4) is 0 Å². The second kappa shape index (κ2) is 16.4. The van der Waals surface area contributed by atoms with E-state index < -0.39 is 23.5 Å². The fraction of sp³-hybridized carbons (Fsp3) is 0.164. The molecule has 0 bridgehead atoms. The molecule has 59 heavy (non-hydrogen) atoms. The van der Waals surface area contributed by atoms with Crippen LogP contribution in [0.15, 0.2) is 176 Å². The van der Waals surface area contributed by atoms with Gasteiger partial charge < -0.3 is 10.6 Å². The van der Waals surface area contributed by atoms with Crippen molar-refractivity contribution in [2.45, 2.75) is 57.5 Å². The van der Waals surface area contributed by atoms with Crippen LogP contribution in [0.5, 0.6) is 0 Å². The van der Waals surface area contributed by atoms with E-state index in [2.05, 4.69) is 104 Å². The monoisotopic (exact) mass is 774 g/mol. The first kappa shape index (κ1) is 38.0. The predicted molar refractivity (Wildman–Crippen MR) is 241 cm³/mol. The summed E-state index contributed by atoms with van der Waals surface area (Å²) in [4.78, 5) is 0. The minimum Gasteiger partial charge on any atom is -0.375 e. The van der Waals surface area contributed by atoms with E-state index in [1.807, 2.05) is 97.1 Å². The van der Waals surface area contributed by atoms with Crippen LogP contribution in [0.2, 0.25) is 0 Å². The minimum absolute atomic E-state index is 0.234. The quantitative estimate of drug-likeness (QED) is 0.121. The molecule has 2 N–H and O–H groups in total. The molecule has 0 aromatic heterocycles. The third-order valence-corrected chi connectivity index (χ3v) is 12.2. The summed E-state index contributed by atoms with van der Waals surface area (Å²) in [5, 5.41) is 10.5. The largest absolute Gasteiger partial charge is 0.375 e. The van der Waals surface area contributed by atoms with Gasteiger partial charge in [0.1, 0.15) is 0 Å². The Morgan fingerprint density at radius 1 is 0.492 bits per heavy atom. The SMILES string of the molecule is CCc1cc(C)cc(CC)c1NC1c2cccc3cccc(c23)C1Nc1c(C(c2ccccc2)c2ccccc2)cc(F)c(F)c1C(c1ccccc1)c1ccccc1. The van der Waals surface area contributed by atoms with Gasteiger partial charge in [0.15, 0.2) is 11.6 Å². The zero-order valence-corrected chi connectivity index (χ0v) is 33.7. The van der Waals surface area contributed by atoms with Gasteiger partial charge >= 0.3 is 0 Å². The maximum absolute atomic E-state index is 17.5. The van der Waals surface area contributed by atoms with Crippen LogP contribution in [-0.4, -0.2) is 0 Å². The molecule has 4 heteroatoms. The number of nitrogens with one attached hydrogen (secondary N) is 2. The normalized spacial score (nSPS) is 14.6. The molecule has 1 aliphatic rings. The highest BCUT2D eigenvalue weighted by Crippen LogP contribution is 2.52. The van der Waals surface area contributed by atoms with Crippen molar-refractivity contribution in [2.24, 2.45) is 0 Å². The van der Waals surface area contributed by atoms with Gasteiger partial charge in [-0.2, -0.15) is 0 Å². The molecule has 2 nitrogen and oxygen atoms in total. The van der Waals surface area contributed by atoms with Crippen LogP contribution in [0.25, 0.3) is 10.8 Å². The lowest BCUT2D eigenvalue weighted by molar-refractivity contribution is 0.495. The van der Waals surface area contributed by atoms with Crippen LogP contribution < -0.4 is 10.6 Å². The molecule has 292 valence electrons. The van der Waals surface area contributed by atoms with E-state index in [0.717, 1.165) is 51.7 Å². The molecule has 2 atom stereocenters. The van der Waals surface area contributed by atoms with Gasteiger partial charge in [0.05, 0.1) is 12.1 Å². The summed E-state index contributed by atoms with van der Waals surface area (Å²) in [6, 6.07) is 58.7. The second-order valence-corrected chi connectivity index (χ2v) is 15.8. The summed E-state index contributed by atoms with van der Waals surface area (Å²) >= 11 is 0. The fourth-order valence-corrected chi connectivity index (χ4v) is 9.58. The van der Waals surface area contributed by atoms with E-state index in [-0.39, 0.29) is 17.6 Å². The van der Waals surface area contributed by atoms with Gasteiger partial charge in [-0.05, 0) is 86.7 Å². The molecule has 0 amide bonds. The first-order valence-electron chi connectivity index (χ1n) is 20.8. The predicted octanol–water partition coefficient (Wildman–Crippen LogP) is 14.2. The Bertz CT molecular complexity index is 2620. The van der Waals surface area contributed by atoms with Crippen molar-refractivity contribution in [2.75, 3.05) is 10.6 Å². The van der Waals surface area contributed by atoms with Gasteiger partial charge in [-0.15, -0.1) is 0 Å². The molecule has 0 aliphatic heterocycles. The Morgan fingerprint density at radius 2 is 0.915 bits per heavy atom. The van der Waals surface area contributed by atoms with Gasteiger partial charge in [-0.3, -0.25) is 0 Å². The first-order chi connectivity index (χ1) is 28.9. The van der Waals surface area contributed by atoms with E-state index in [9.17, 15) is 0 Å². The van der Waals surface area contributed by atoms with Crippen LogP contribution in [0.4, 0.5) is 20.2 Å². The van der Waals surface area contributed by atoms with Crippen molar-refractivity contribution in [1.29, 1.82) is 0 Å². The van der Waals surface area contributed by atoms with Gasteiger partial charge in [-0.25, -0.2) is 8.78 Å². The lowest BCUT2D eigenvalue weighted by atomic mass is 9.78. The van der Waals surface area contributed by atoms with E-state index in [4.69, 9.17) is 0 Å². The van der Waals surface area contributed by atoms with Crippen LogP contribution in [0.3, 0.4) is 0 Å². The molecular formula is C55H48F2N2. The standard InChI is InChI=1S/C55H48F2N2/c1-4-36-32-35(3)33-37(5-2)52(36)58-54-43-30-18-28-42-29-19-31-44(49(42)43)55(54)59-53-45(47(38-20-10-6-11-21-38)39-22-12-7-13-23-39)34-46(56)51(57)50(53)48(40-24-14-8-15-25-40)41-26-16-9-17-27-41/h6-34,47-48,54-55,58-59H,4-5H2,1-3H3. The van der Waals surface area contributed by atoms with Crippen LogP contribution in [0.1, 0.15) is 99.0 Å². The average molecular weight is 775 g/mol. The van der Waals surface area contributed by atoms with Gasteiger partial charge in [-0.1, -0.05) is 189 Å². The topological polar surface area (TPSA) is 24.1 Å². The Kier molecular flexibility index (Phi) is 10.6. The van der Waals surface area contributed by atoms with E-state index >= 15 is 8.78 Å². The van der Waals surface area contributed by atoms with Crippen molar-refractivity contribution in [3.63, 3.8) is 0 Å². The third-order valence-electron chi connectivity index (χ3n) is 12.2. The Hall–Kier alpha value is -6.52. The van der Waals surface area contributed by atoms with Gasteiger partial charge in [0.2, 0.25) is 0 Å². The summed E-state index contributed by atoms with van der Waals surface area (Å²) in [5.41, 5.74) is 12.5. The number of rotatable bonds is 12. The Morgan fingerprint density at radius 3 is 1.36 bits per heavy atom. The molecular weight excluding hydrogens is 727 g/mol. The van der Waals surface area contributed by atoms with E-state index in [1.165, 1.54) is 33.7 Å². The summed E-state index contributed by atoms with van der Waals surface area (Å²) in [7, 11) is 0. The third kappa shape index (κ3) is 7.07. The van der Waals surface area contributed by atoms with Crippen molar-refractivity contribution in [3.05, 3.63) is 249 Å². The number of hydrogen-bond donors (Lipinski definition) is 2. The highest BCUT2D eigenvalue weighted by Gasteiger charge is 2.39.